The van der Waals surface area contributed by atoms with Crippen LogP contribution < -0.4 is 0 Å². The van der Waals surface area contributed by atoms with Crippen LogP contribution in [0.15, 0.2) is 35.1 Å². The van der Waals surface area contributed by atoms with Gasteiger partial charge in [0.2, 0.25) is 11.6 Å². The summed E-state index contributed by atoms with van der Waals surface area (Å²) in [5.41, 5.74) is 2.77. The fourth-order valence-corrected chi connectivity index (χ4v) is 2.73. The Labute approximate surface area is 141 Å². The number of hydrogen-bond donors (Lipinski definition) is 2. The Balaban J connectivity index is 2.75. The smallest absolute Gasteiger partial charge is 0.234 e. The summed E-state index contributed by atoms with van der Waals surface area (Å²) in [7, 11) is 0. The molecule has 2 N–H and O–H groups in total. The van der Waals surface area contributed by atoms with Crippen molar-refractivity contribution in [1.29, 1.82) is 0 Å². The lowest BCUT2D eigenvalue weighted by atomic mass is 9.80. The predicted molar refractivity (Wildman–Crippen MR) is 94.9 cm³/mol. The van der Waals surface area contributed by atoms with Crippen LogP contribution in [0.1, 0.15) is 54.7 Å². The number of aryl methyl sites for hydroxylation is 1. The summed E-state index contributed by atoms with van der Waals surface area (Å²) in [6, 6.07) is 3.44. The van der Waals surface area contributed by atoms with Crippen LogP contribution in [0.2, 0.25) is 0 Å². The van der Waals surface area contributed by atoms with Gasteiger partial charge in [0, 0.05) is 16.7 Å². The first-order valence-corrected chi connectivity index (χ1v) is 7.87. The van der Waals surface area contributed by atoms with E-state index >= 15 is 0 Å². The second kappa shape index (κ2) is 6.48. The molecule has 1 aromatic carbocycles. The lowest BCUT2D eigenvalue weighted by Crippen LogP contribution is -2.27. The van der Waals surface area contributed by atoms with Crippen molar-refractivity contribution < 1.29 is 19.8 Å². The zero-order valence-corrected chi connectivity index (χ0v) is 14.6. The van der Waals surface area contributed by atoms with Gasteiger partial charge in [0.05, 0.1) is 0 Å². The fraction of sp³-hybridized carbons (Fsp3) is 0.300. The first-order chi connectivity index (χ1) is 11.2. The highest BCUT2D eigenvalue weighted by molar-refractivity contribution is 6.52. The minimum absolute atomic E-state index is 0.101. The maximum atomic E-state index is 12.6. The Hall–Kier alpha value is -2.62. The highest BCUT2D eigenvalue weighted by atomic mass is 16.3. The molecule has 1 aliphatic carbocycles. The van der Waals surface area contributed by atoms with E-state index in [0.717, 1.165) is 11.1 Å². The number of ketones is 2. The zero-order valence-electron chi connectivity index (χ0n) is 14.6. The van der Waals surface area contributed by atoms with E-state index in [2.05, 4.69) is 0 Å². The quantitative estimate of drug-likeness (QED) is 0.485. The van der Waals surface area contributed by atoms with E-state index in [1.165, 1.54) is 6.08 Å². The van der Waals surface area contributed by atoms with Gasteiger partial charge in [-0.15, -0.1) is 0 Å². The van der Waals surface area contributed by atoms with Gasteiger partial charge in [-0.25, -0.2) is 0 Å². The van der Waals surface area contributed by atoms with Gasteiger partial charge >= 0.3 is 0 Å². The van der Waals surface area contributed by atoms with Crippen molar-refractivity contribution in [1.82, 2.24) is 0 Å². The number of carbonyl (C=O) groups excluding carboxylic acids is 2. The molecule has 0 saturated heterocycles. The maximum Gasteiger partial charge on any atom is 0.234 e. The number of Topliss-reactive ketones (excluding diaryl/α,β-unsaturated/α-hetero) is 2. The Kier molecular flexibility index (Phi) is 4.78. The van der Waals surface area contributed by atoms with Gasteiger partial charge in [0.15, 0.2) is 0 Å². The number of rotatable bonds is 3. The third-order valence-electron chi connectivity index (χ3n) is 4.15. The predicted octanol–water partition coefficient (Wildman–Crippen LogP) is 4.55. The molecule has 0 unspecified atom stereocenters. The van der Waals surface area contributed by atoms with Crippen LogP contribution >= 0.6 is 0 Å². The number of carbonyl (C=O) groups is 2. The minimum Gasteiger partial charge on any atom is -0.508 e. The van der Waals surface area contributed by atoms with Crippen LogP contribution in [0, 0.1) is 12.8 Å². The molecule has 4 heteroatoms. The zero-order chi connectivity index (χ0) is 18.2. The molecule has 0 atom stereocenters. The normalized spacial score (nSPS) is 14.6. The van der Waals surface area contributed by atoms with E-state index in [-0.39, 0.29) is 28.6 Å². The van der Waals surface area contributed by atoms with Gasteiger partial charge in [0.1, 0.15) is 11.5 Å². The molecule has 126 valence electrons. The Morgan fingerprint density at radius 2 is 1.75 bits per heavy atom. The second-order valence-electron chi connectivity index (χ2n) is 6.51. The van der Waals surface area contributed by atoms with Crippen molar-refractivity contribution in [2.45, 2.75) is 34.6 Å². The lowest BCUT2D eigenvalue weighted by Gasteiger charge is -2.22. The molecule has 1 aromatic rings. The molecule has 0 saturated carbocycles. The number of hydrogen-bond acceptors (Lipinski definition) is 4. The number of benzene rings is 1. The molecule has 4 nitrogen and oxygen atoms in total. The summed E-state index contributed by atoms with van der Waals surface area (Å²) in [6.45, 7) is 8.89. The van der Waals surface area contributed by atoms with E-state index in [1.807, 2.05) is 6.92 Å². The molecule has 0 radical (unpaired) electrons. The SMILES string of the molecule is CC(C)=C(O)C=Cc1c(C)ccc2c1C(=O)C(=O)C(C(C)C)=C2O. The van der Waals surface area contributed by atoms with Gasteiger partial charge in [-0.2, -0.15) is 0 Å². The van der Waals surface area contributed by atoms with Gasteiger partial charge in [-0.05, 0) is 49.5 Å². The van der Waals surface area contributed by atoms with Crippen LogP contribution in [0.4, 0.5) is 0 Å². The number of allylic oxidation sites excluding steroid dienone is 3. The van der Waals surface area contributed by atoms with Crippen molar-refractivity contribution >= 4 is 23.4 Å². The Morgan fingerprint density at radius 1 is 1.12 bits per heavy atom. The van der Waals surface area contributed by atoms with E-state index in [4.69, 9.17) is 0 Å². The summed E-state index contributed by atoms with van der Waals surface area (Å²) in [4.78, 5) is 25.0. The Morgan fingerprint density at radius 3 is 2.29 bits per heavy atom. The molecule has 0 aromatic heterocycles. The molecule has 2 rings (SSSR count). The largest absolute Gasteiger partial charge is 0.508 e. The molecule has 1 aliphatic rings. The first kappa shape index (κ1) is 17.7. The van der Waals surface area contributed by atoms with E-state index < -0.39 is 11.6 Å². The molecule has 0 bridgehead atoms. The van der Waals surface area contributed by atoms with E-state index in [0.29, 0.717) is 11.1 Å². The van der Waals surface area contributed by atoms with Gasteiger partial charge < -0.3 is 10.2 Å². The van der Waals surface area contributed by atoms with E-state index in [9.17, 15) is 19.8 Å². The van der Waals surface area contributed by atoms with Crippen LogP contribution in [0.5, 0.6) is 0 Å². The first-order valence-electron chi connectivity index (χ1n) is 7.87. The van der Waals surface area contributed by atoms with Crippen LogP contribution in [0.3, 0.4) is 0 Å². The van der Waals surface area contributed by atoms with E-state index in [1.54, 1.807) is 45.9 Å². The summed E-state index contributed by atoms with van der Waals surface area (Å²) in [5.74, 6) is -1.56. The monoisotopic (exact) mass is 326 g/mol. The van der Waals surface area contributed by atoms with Crippen molar-refractivity contribution in [2.75, 3.05) is 0 Å². The topological polar surface area (TPSA) is 74.6 Å². The lowest BCUT2D eigenvalue weighted by molar-refractivity contribution is -0.112. The van der Waals surface area contributed by atoms with Crippen LogP contribution in [-0.4, -0.2) is 21.8 Å². The fourth-order valence-electron chi connectivity index (χ4n) is 2.73. The summed E-state index contributed by atoms with van der Waals surface area (Å²) >= 11 is 0. The van der Waals surface area contributed by atoms with Crippen molar-refractivity contribution in [3.63, 3.8) is 0 Å². The standard InChI is InChI=1S/C20H22O4/c1-10(2)15(21)9-8-13-12(5)6-7-14-17(13)20(24)19(23)16(11(3)4)18(14)22/h6-9,11,21-22H,1-5H3. The third-order valence-corrected chi connectivity index (χ3v) is 4.15. The highest BCUT2D eigenvalue weighted by Crippen LogP contribution is 2.35. The summed E-state index contributed by atoms with van der Waals surface area (Å²) in [6.07, 6.45) is 3.10. The number of fused-ring (bicyclic) bond motifs is 1. The molecule has 0 spiro atoms. The van der Waals surface area contributed by atoms with Gasteiger partial charge in [-0.3, -0.25) is 9.59 Å². The number of aliphatic hydroxyl groups excluding tert-OH is 2. The minimum atomic E-state index is -0.665. The number of aliphatic hydroxyl groups is 2. The maximum absolute atomic E-state index is 12.6. The molecular weight excluding hydrogens is 304 g/mol. The van der Waals surface area contributed by atoms with Crippen molar-refractivity contribution in [3.8, 4) is 0 Å². The summed E-state index contributed by atoms with van der Waals surface area (Å²) < 4.78 is 0. The molecular formula is C20H22O4. The van der Waals surface area contributed by atoms with Gasteiger partial charge in [0.25, 0.3) is 0 Å². The van der Waals surface area contributed by atoms with Crippen LogP contribution in [0.25, 0.3) is 11.8 Å². The molecule has 0 heterocycles. The third kappa shape index (κ3) is 2.92. The van der Waals surface area contributed by atoms with Crippen LogP contribution in [-0.2, 0) is 4.79 Å². The molecule has 0 aliphatic heterocycles. The molecule has 0 amide bonds. The Bertz CT molecular complexity index is 816. The summed E-state index contributed by atoms with van der Waals surface area (Å²) in [5, 5.41) is 20.3. The highest BCUT2D eigenvalue weighted by Gasteiger charge is 2.35. The van der Waals surface area contributed by atoms with Gasteiger partial charge in [-0.1, -0.05) is 32.1 Å². The second-order valence-corrected chi connectivity index (χ2v) is 6.51. The van der Waals surface area contributed by atoms with Crippen molar-refractivity contribution in [2.24, 2.45) is 5.92 Å². The average molecular weight is 326 g/mol. The molecule has 0 fully saturated rings. The molecule has 24 heavy (non-hydrogen) atoms. The van der Waals surface area contributed by atoms with Crippen molar-refractivity contribution in [3.05, 3.63) is 57.4 Å². The average Bonchev–Trinajstić information content (AvgIpc) is 2.50.